The first-order chi connectivity index (χ1) is 27.8. The highest BCUT2D eigenvalue weighted by atomic mass is 16.3. The lowest BCUT2D eigenvalue weighted by Crippen LogP contribution is -2.02. The Kier molecular flexibility index (Phi) is 6.53. The van der Waals surface area contributed by atoms with Crippen LogP contribution >= 0.6 is 0 Å². The number of pyridine rings is 1. The van der Waals surface area contributed by atoms with E-state index < -0.39 is 0 Å². The van der Waals surface area contributed by atoms with Gasteiger partial charge in [0, 0.05) is 49.8 Å². The smallest absolute Gasteiger partial charge is 0.164 e. The van der Waals surface area contributed by atoms with Crippen LogP contribution in [0, 0.1) is 0 Å². The van der Waals surface area contributed by atoms with Crippen molar-refractivity contribution in [3.63, 3.8) is 0 Å². The molecule has 260 valence electrons. The maximum absolute atomic E-state index is 6.26. The van der Waals surface area contributed by atoms with Crippen molar-refractivity contribution in [2.75, 3.05) is 0 Å². The Morgan fingerprint density at radius 3 is 1.89 bits per heavy atom. The molecule has 0 N–H and O–H groups in total. The average molecular weight is 716 g/mol. The van der Waals surface area contributed by atoms with E-state index >= 15 is 0 Å². The Morgan fingerprint density at radius 2 is 1.07 bits per heavy atom. The molecular weight excluding hydrogens is 687 g/mol. The monoisotopic (exact) mass is 715 g/mol. The molecule has 0 saturated heterocycles. The maximum Gasteiger partial charge on any atom is 0.164 e. The van der Waals surface area contributed by atoms with Crippen LogP contribution in [0.4, 0.5) is 0 Å². The van der Waals surface area contributed by atoms with Gasteiger partial charge in [0.1, 0.15) is 5.58 Å². The van der Waals surface area contributed by atoms with E-state index in [1.165, 1.54) is 26.9 Å². The second-order valence-corrected chi connectivity index (χ2v) is 14.2. The van der Waals surface area contributed by atoms with Gasteiger partial charge in [0.2, 0.25) is 0 Å². The molecule has 12 rings (SSSR count). The first-order valence-electron chi connectivity index (χ1n) is 18.7. The molecule has 0 unspecified atom stereocenters. The Bertz CT molecular complexity index is 3510. The zero-order valence-electron chi connectivity index (χ0n) is 29.9. The first-order valence-corrected chi connectivity index (χ1v) is 18.7. The number of para-hydroxylation sites is 2. The molecule has 6 nitrogen and oxygen atoms in total. The lowest BCUT2D eigenvalue weighted by atomic mass is 9.99. The summed E-state index contributed by atoms with van der Waals surface area (Å²) in [7, 11) is 0. The number of hydrogen-bond acceptors (Lipinski definition) is 5. The zero-order valence-corrected chi connectivity index (χ0v) is 29.9. The highest BCUT2D eigenvalue weighted by Crippen LogP contribution is 2.40. The summed E-state index contributed by atoms with van der Waals surface area (Å²) in [6.45, 7) is 0. The molecule has 0 atom stereocenters. The average Bonchev–Trinajstić information content (AvgIpc) is 3.82. The molecule has 4 aromatic heterocycles. The van der Waals surface area contributed by atoms with Gasteiger partial charge < -0.3 is 8.98 Å². The standard InChI is InChI=1S/C50H29N5O/c1-2-11-33-30(10-1)20-21-31-28-32(22-23-34(31)33)48-52-49(54-50(53-48)41-16-9-19-45-47(41)40-26-27-51-29-46(40)56-45)39-24-25-44(36-13-4-3-12-35(36)39)55-42-17-7-5-14-37(42)38-15-6-8-18-43(38)55/h1-29H. The van der Waals surface area contributed by atoms with Crippen LogP contribution in [-0.4, -0.2) is 24.5 Å². The van der Waals surface area contributed by atoms with Gasteiger partial charge in [-0.15, -0.1) is 0 Å². The van der Waals surface area contributed by atoms with E-state index in [4.69, 9.17) is 19.4 Å². The minimum atomic E-state index is 0.573. The summed E-state index contributed by atoms with van der Waals surface area (Å²) in [5.74, 6) is 1.77. The molecule has 4 heterocycles. The van der Waals surface area contributed by atoms with Gasteiger partial charge in [0.15, 0.2) is 23.1 Å². The third-order valence-corrected chi connectivity index (χ3v) is 11.1. The maximum atomic E-state index is 6.26. The van der Waals surface area contributed by atoms with Crippen LogP contribution < -0.4 is 0 Å². The lowest BCUT2D eigenvalue weighted by Gasteiger charge is -2.15. The van der Waals surface area contributed by atoms with Crippen LogP contribution in [0.2, 0.25) is 0 Å². The molecule has 0 fully saturated rings. The summed E-state index contributed by atoms with van der Waals surface area (Å²) < 4.78 is 8.63. The van der Waals surface area contributed by atoms with E-state index in [9.17, 15) is 0 Å². The molecule has 8 aromatic carbocycles. The highest BCUT2D eigenvalue weighted by molar-refractivity contribution is 6.13. The second kappa shape index (κ2) is 11.9. The third kappa shape index (κ3) is 4.56. The predicted octanol–water partition coefficient (Wildman–Crippen LogP) is 12.7. The van der Waals surface area contributed by atoms with Crippen molar-refractivity contribution in [2.45, 2.75) is 0 Å². The number of nitrogens with zero attached hydrogens (tertiary/aromatic N) is 5. The van der Waals surface area contributed by atoms with Gasteiger partial charge in [-0.2, -0.15) is 0 Å². The van der Waals surface area contributed by atoms with Crippen LogP contribution in [0.25, 0.3) is 116 Å². The Hall–Kier alpha value is -7.70. The molecule has 0 aliphatic rings. The van der Waals surface area contributed by atoms with Crippen LogP contribution in [0.15, 0.2) is 181 Å². The van der Waals surface area contributed by atoms with E-state index in [2.05, 4.69) is 155 Å². The zero-order chi connectivity index (χ0) is 36.7. The molecule has 0 amide bonds. The Labute approximate surface area is 320 Å². The summed E-state index contributed by atoms with van der Waals surface area (Å²) in [6.07, 6.45) is 3.55. The molecule has 0 bridgehead atoms. The fraction of sp³-hybridized carbons (Fsp3) is 0. The largest absolute Gasteiger partial charge is 0.454 e. The normalized spacial score (nSPS) is 11.9. The van der Waals surface area contributed by atoms with Gasteiger partial charge in [-0.3, -0.25) is 4.98 Å². The summed E-state index contributed by atoms with van der Waals surface area (Å²) in [4.78, 5) is 20.1. The quantitative estimate of drug-likeness (QED) is 0.170. The molecule has 0 aliphatic carbocycles. The summed E-state index contributed by atoms with van der Waals surface area (Å²) in [5.41, 5.74) is 7.61. The van der Waals surface area contributed by atoms with Crippen molar-refractivity contribution in [2.24, 2.45) is 0 Å². The van der Waals surface area contributed by atoms with Crippen LogP contribution in [-0.2, 0) is 0 Å². The third-order valence-electron chi connectivity index (χ3n) is 11.1. The number of furan rings is 1. The van der Waals surface area contributed by atoms with E-state index in [-0.39, 0.29) is 0 Å². The molecule has 6 heteroatoms. The van der Waals surface area contributed by atoms with Crippen molar-refractivity contribution in [3.8, 4) is 39.9 Å². The van der Waals surface area contributed by atoms with Crippen molar-refractivity contribution >= 4 is 76.1 Å². The number of aromatic nitrogens is 5. The Morgan fingerprint density at radius 1 is 0.411 bits per heavy atom. The molecule has 12 aromatic rings. The van der Waals surface area contributed by atoms with Crippen LogP contribution in [0.1, 0.15) is 0 Å². The molecule has 0 aliphatic heterocycles. The summed E-state index contributed by atoms with van der Waals surface area (Å²) in [5, 5.41) is 11.3. The van der Waals surface area contributed by atoms with Crippen molar-refractivity contribution in [1.29, 1.82) is 0 Å². The first kappa shape index (κ1) is 30.7. The van der Waals surface area contributed by atoms with Crippen molar-refractivity contribution < 1.29 is 4.42 Å². The van der Waals surface area contributed by atoms with Gasteiger partial charge in [0.25, 0.3) is 0 Å². The van der Waals surface area contributed by atoms with Crippen LogP contribution in [0.3, 0.4) is 0 Å². The van der Waals surface area contributed by atoms with Gasteiger partial charge >= 0.3 is 0 Å². The molecule has 0 radical (unpaired) electrons. The summed E-state index contributed by atoms with van der Waals surface area (Å²) >= 11 is 0. The number of fused-ring (bicyclic) bond motifs is 10. The van der Waals surface area contributed by atoms with Gasteiger partial charge in [-0.25, -0.2) is 15.0 Å². The molecule has 0 saturated carbocycles. The van der Waals surface area contributed by atoms with E-state index in [0.29, 0.717) is 17.5 Å². The van der Waals surface area contributed by atoms with Crippen LogP contribution in [0.5, 0.6) is 0 Å². The number of rotatable bonds is 4. The van der Waals surface area contributed by atoms with Gasteiger partial charge in [-0.05, 0) is 69.4 Å². The molecule has 0 spiro atoms. The van der Waals surface area contributed by atoms with Gasteiger partial charge in [-0.1, -0.05) is 121 Å². The van der Waals surface area contributed by atoms with Crippen molar-refractivity contribution in [3.05, 3.63) is 176 Å². The minimum Gasteiger partial charge on any atom is -0.454 e. The molecule has 56 heavy (non-hydrogen) atoms. The van der Waals surface area contributed by atoms with E-state index in [1.54, 1.807) is 12.4 Å². The SMILES string of the molecule is c1ccc2c(c1)ccc1cc(-c3nc(-c4ccc(-n5c6ccccc6c6ccccc65)c5ccccc45)nc(-c4cccc5oc6cnccc6c45)n3)ccc12. The van der Waals surface area contributed by atoms with Gasteiger partial charge in [0.05, 0.1) is 22.9 Å². The highest BCUT2D eigenvalue weighted by Gasteiger charge is 2.21. The summed E-state index contributed by atoms with van der Waals surface area (Å²) in [6, 6.07) is 57.5. The Balaban J connectivity index is 1.12. The van der Waals surface area contributed by atoms with Crippen molar-refractivity contribution in [1.82, 2.24) is 24.5 Å². The number of hydrogen-bond donors (Lipinski definition) is 0. The minimum absolute atomic E-state index is 0.573. The fourth-order valence-electron chi connectivity index (χ4n) is 8.62. The second-order valence-electron chi connectivity index (χ2n) is 14.2. The number of benzene rings is 8. The van der Waals surface area contributed by atoms with E-state index in [0.717, 1.165) is 71.5 Å². The predicted molar refractivity (Wildman–Crippen MR) is 228 cm³/mol. The lowest BCUT2D eigenvalue weighted by molar-refractivity contribution is 0.667. The molecular formula is C50H29N5O. The topological polar surface area (TPSA) is 69.6 Å². The van der Waals surface area contributed by atoms with E-state index in [1.807, 2.05) is 18.2 Å². The fourth-order valence-corrected chi connectivity index (χ4v) is 8.62.